The third-order valence-corrected chi connectivity index (χ3v) is 4.20. The molecule has 20 heavy (non-hydrogen) atoms. The van der Waals surface area contributed by atoms with E-state index in [4.69, 9.17) is 4.74 Å². The topological polar surface area (TPSA) is 24.5 Å². The van der Waals surface area contributed by atoms with Crippen molar-refractivity contribution in [3.8, 4) is 0 Å². The van der Waals surface area contributed by atoms with Gasteiger partial charge in [0.2, 0.25) is 0 Å². The molecule has 0 fully saturated rings. The quantitative estimate of drug-likeness (QED) is 0.718. The zero-order valence-electron chi connectivity index (χ0n) is 13.6. The summed E-state index contributed by atoms with van der Waals surface area (Å²) in [6.45, 7) is 12.8. The maximum absolute atomic E-state index is 5.43. The van der Waals surface area contributed by atoms with E-state index in [1.165, 1.54) is 4.88 Å². The van der Waals surface area contributed by atoms with Crippen molar-refractivity contribution >= 4 is 11.3 Å². The van der Waals surface area contributed by atoms with Crippen molar-refractivity contribution in [2.45, 2.75) is 46.3 Å². The minimum atomic E-state index is 0.417. The number of thiophene rings is 1. The molecule has 1 unspecified atom stereocenters. The van der Waals surface area contributed by atoms with E-state index in [9.17, 15) is 0 Å². The predicted octanol–water partition coefficient (Wildman–Crippen LogP) is 3.22. The average Bonchev–Trinajstić information content (AvgIpc) is 2.87. The number of rotatable bonds is 10. The van der Waals surface area contributed by atoms with Crippen LogP contribution in [0.4, 0.5) is 0 Å². The molecule has 0 spiro atoms. The lowest BCUT2D eigenvalue weighted by molar-refractivity contribution is 0.0643. The second-order valence-corrected chi connectivity index (χ2v) is 7.04. The maximum Gasteiger partial charge on any atom is 0.0630 e. The lowest BCUT2D eigenvalue weighted by Crippen LogP contribution is -2.48. The van der Waals surface area contributed by atoms with E-state index < -0.39 is 0 Å². The Kier molecular flexibility index (Phi) is 8.38. The maximum atomic E-state index is 5.43. The summed E-state index contributed by atoms with van der Waals surface area (Å²) in [6.07, 6.45) is 0. The summed E-state index contributed by atoms with van der Waals surface area (Å²) >= 11 is 1.83. The van der Waals surface area contributed by atoms with Gasteiger partial charge in [0.25, 0.3) is 0 Å². The monoisotopic (exact) mass is 298 g/mol. The van der Waals surface area contributed by atoms with Crippen LogP contribution < -0.4 is 5.32 Å². The largest absolute Gasteiger partial charge is 0.383 e. The molecule has 0 amide bonds. The van der Waals surface area contributed by atoms with Crippen molar-refractivity contribution in [2.75, 3.05) is 26.8 Å². The van der Waals surface area contributed by atoms with Gasteiger partial charge in [-0.05, 0) is 37.8 Å². The highest BCUT2D eigenvalue weighted by molar-refractivity contribution is 7.09. The van der Waals surface area contributed by atoms with E-state index >= 15 is 0 Å². The summed E-state index contributed by atoms with van der Waals surface area (Å²) in [7, 11) is 1.79. The van der Waals surface area contributed by atoms with Crippen molar-refractivity contribution < 1.29 is 4.74 Å². The molecular formula is C16H30N2OS. The molecule has 4 heteroatoms. The van der Waals surface area contributed by atoms with Crippen LogP contribution in [-0.2, 0) is 11.3 Å². The Bertz CT molecular complexity index is 338. The summed E-state index contributed by atoms with van der Waals surface area (Å²) in [4.78, 5) is 3.95. The van der Waals surface area contributed by atoms with Gasteiger partial charge >= 0.3 is 0 Å². The van der Waals surface area contributed by atoms with Crippen LogP contribution in [0.1, 0.15) is 32.6 Å². The predicted molar refractivity (Wildman–Crippen MR) is 88.4 cm³/mol. The molecule has 1 N–H and O–H groups in total. The Balaban J connectivity index is 2.61. The molecule has 116 valence electrons. The highest BCUT2D eigenvalue weighted by atomic mass is 32.1. The number of methoxy groups -OCH3 is 1. The average molecular weight is 298 g/mol. The van der Waals surface area contributed by atoms with E-state index in [2.05, 4.69) is 55.4 Å². The molecule has 0 aliphatic rings. The first kappa shape index (κ1) is 17.6. The van der Waals surface area contributed by atoms with E-state index in [-0.39, 0.29) is 0 Å². The number of hydrogen-bond donors (Lipinski definition) is 1. The highest BCUT2D eigenvalue weighted by Crippen LogP contribution is 2.16. The Labute approximate surface area is 128 Å². The Morgan fingerprint density at radius 2 is 2.00 bits per heavy atom. The van der Waals surface area contributed by atoms with E-state index in [0.717, 1.165) is 26.2 Å². The lowest BCUT2D eigenvalue weighted by Gasteiger charge is -2.34. The zero-order valence-corrected chi connectivity index (χ0v) is 14.4. The van der Waals surface area contributed by atoms with Gasteiger partial charge in [-0.3, -0.25) is 4.90 Å². The molecular weight excluding hydrogens is 268 g/mol. The van der Waals surface area contributed by atoms with Crippen molar-refractivity contribution in [3.05, 3.63) is 22.4 Å². The molecule has 0 radical (unpaired) electrons. The zero-order chi connectivity index (χ0) is 15.0. The summed E-state index contributed by atoms with van der Waals surface area (Å²) < 4.78 is 5.43. The van der Waals surface area contributed by atoms with Crippen LogP contribution in [0.3, 0.4) is 0 Å². The molecule has 1 rings (SSSR count). The Morgan fingerprint density at radius 1 is 1.25 bits per heavy atom. The summed E-state index contributed by atoms with van der Waals surface area (Å²) in [5.74, 6) is 0.683. The normalized spacial score (nSPS) is 13.6. The van der Waals surface area contributed by atoms with Gasteiger partial charge in [0.1, 0.15) is 0 Å². The second kappa shape index (κ2) is 9.50. The molecule has 1 aromatic rings. The van der Waals surface area contributed by atoms with Crippen LogP contribution in [-0.4, -0.2) is 43.8 Å². The molecule has 0 aromatic carbocycles. The summed E-state index contributed by atoms with van der Waals surface area (Å²) in [5.41, 5.74) is 0. The van der Waals surface area contributed by atoms with Gasteiger partial charge < -0.3 is 10.1 Å². The first-order valence-corrected chi connectivity index (χ1v) is 8.40. The van der Waals surface area contributed by atoms with Gasteiger partial charge in [-0.2, -0.15) is 0 Å². The van der Waals surface area contributed by atoms with Crippen LogP contribution in [0.25, 0.3) is 0 Å². The fourth-order valence-electron chi connectivity index (χ4n) is 2.32. The minimum absolute atomic E-state index is 0.417. The highest BCUT2D eigenvalue weighted by Gasteiger charge is 2.21. The second-order valence-electron chi connectivity index (χ2n) is 6.01. The first-order chi connectivity index (χ1) is 9.54. The third-order valence-electron chi connectivity index (χ3n) is 3.34. The van der Waals surface area contributed by atoms with Crippen molar-refractivity contribution in [2.24, 2.45) is 5.92 Å². The Morgan fingerprint density at radius 3 is 2.50 bits per heavy atom. The number of hydrogen-bond acceptors (Lipinski definition) is 4. The molecule has 1 heterocycles. The van der Waals surface area contributed by atoms with Gasteiger partial charge in [-0.15, -0.1) is 11.3 Å². The molecule has 1 atom stereocenters. The van der Waals surface area contributed by atoms with Crippen LogP contribution in [0, 0.1) is 5.92 Å². The van der Waals surface area contributed by atoms with Crippen molar-refractivity contribution in [3.63, 3.8) is 0 Å². The fourth-order valence-corrected chi connectivity index (χ4v) is 3.03. The van der Waals surface area contributed by atoms with E-state index in [1.807, 2.05) is 11.3 Å². The summed E-state index contributed by atoms with van der Waals surface area (Å²) in [5, 5.41) is 5.72. The van der Waals surface area contributed by atoms with Gasteiger partial charge in [0.05, 0.1) is 6.61 Å². The van der Waals surface area contributed by atoms with Crippen LogP contribution in [0.5, 0.6) is 0 Å². The number of ether oxygens (including phenoxy) is 1. The first-order valence-electron chi connectivity index (χ1n) is 7.52. The van der Waals surface area contributed by atoms with Gasteiger partial charge in [0, 0.05) is 37.2 Å². The molecule has 0 saturated carbocycles. The number of nitrogens with zero attached hydrogens (tertiary/aromatic N) is 1. The number of nitrogens with one attached hydrogen (secondary N) is 1. The van der Waals surface area contributed by atoms with Crippen molar-refractivity contribution in [1.82, 2.24) is 10.2 Å². The molecule has 0 aliphatic carbocycles. The van der Waals surface area contributed by atoms with Crippen LogP contribution >= 0.6 is 11.3 Å². The molecule has 3 nitrogen and oxygen atoms in total. The van der Waals surface area contributed by atoms with Gasteiger partial charge in [-0.1, -0.05) is 19.9 Å². The third kappa shape index (κ3) is 6.35. The molecule has 1 aromatic heterocycles. The van der Waals surface area contributed by atoms with Crippen molar-refractivity contribution in [1.29, 1.82) is 0 Å². The fraction of sp³-hybridized carbons (Fsp3) is 0.750. The molecule has 0 aliphatic heterocycles. The van der Waals surface area contributed by atoms with Gasteiger partial charge in [0.15, 0.2) is 0 Å². The van der Waals surface area contributed by atoms with Crippen LogP contribution in [0.2, 0.25) is 0 Å². The lowest BCUT2D eigenvalue weighted by atomic mass is 10.1. The standard InChI is InChI=1S/C16H30N2OS/c1-13(2)9-17-10-15(12-19-5)18(14(3)4)11-16-7-6-8-20-16/h6-8,13-15,17H,9-12H2,1-5H3. The SMILES string of the molecule is COCC(CNCC(C)C)N(Cc1cccs1)C(C)C. The smallest absolute Gasteiger partial charge is 0.0630 e. The van der Waals surface area contributed by atoms with E-state index in [0.29, 0.717) is 18.0 Å². The molecule has 0 saturated heterocycles. The summed E-state index contributed by atoms with van der Waals surface area (Å²) in [6, 6.07) is 5.27. The minimum Gasteiger partial charge on any atom is -0.383 e. The van der Waals surface area contributed by atoms with E-state index in [1.54, 1.807) is 7.11 Å². The van der Waals surface area contributed by atoms with Crippen LogP contribution in [0.15, 0.2) is 17.5 Å². The molecule has 0 bridgehead atoms. The Hall–Kier alpha value is -0.420. The van der Waals surface area contributed by atoms with Gasteiger partial charge in [-0.25, -0.2) is 0 Å².